The minimum Gasteiger partial charge on any atom is -0.385 e. The summed E-state index contributed by atoms with van der Waals surface area (Å²) >= 11 is 0. The zero-order valence-electron chi connectivity index (χ0n) is 12.2. The van der Waals surface area contributed by atoms with Crippen LogP contribution in [0.2, 0.25) is 0 Å². The number of anilines is 1. The van der Waals surface area contributed by atoms with Gasteiger partial charge in [0.15, 0.2) is 0 Å². The van der Waals surface area contributed by atoms with Crippen molar-refractivity contribution in [1.29, 1.82) is 0 Å². The van der Waals surface area contributed by atoms with E-state index in [1.54, 1.807) is 0 Å². The highest BCUT2D eigenvalue weighted by Crippen LogP contribution is 2.06. The van der Waals surface area contributed by atoms with Crippen LogP contribution < -0.4 is 5.32 Å². The first-order valence-corrected chi connectivity index (χ1v) is 7.27. The van der Waals surface area contributed by atoms with Crippen LogP contribution in [0.5, 0.6) is 0 Å². The predicted molar refractivity (Wildman–Crippen MR) is 81.1 cm³/mol. The molecule has 1 unspecified atom stereocenters. The second kappa shape index (κ2) is 8.98. The van der Waals surface area contributed by atoms with Crippen molar-refractivity contribution in [2.24, 2.45) is 5.92 Å². The van der Waals surface area contributed by atoms with Gasteiger partial charge in [0.05, 0.1) is 0 Å². The van der Waals surface area contributed by atoms with Crippen molar-refractivity contribution in [3.05, 3.63) is 30.3 Å². The molecule has 0 aromatic heterocycles. The van der Waals surface area contributed by atoms with Gasteiger partial charge in [0, 0.05) is 18.8 Å². The van der Waals surface area contributed by atoms with Gasteiger partial charge in [-0.3, -0.25) is 0 Å². The fourth-order valence-corrected chi connectivity index (χ4v) is 2.04. The number of rotatable bonds is 9. The van der Waals surface area contributed by atoms with Crippen LogP contribution in [0.4, 0.5) is 5.69 Å². The molecule has 102 valence electrons. The summed E-state index contributed by atoms with van der Waals surface area (Å²) in [6.07, 6.45) is 2.48. The molecule has 0 bridgehead atoms. The monoisotopic (exact) mass is 248 g/mol. The van der Waals surface area contributed by atoms with E-state index in [1.807, 2.05) is 0 Å². The summed E-state index contributed by atoms with van der Waals surface area (Å²) in [5.41, 5.74) is 1.22. The van der Waals surface area contributed by atoms with E-state index < -0.39 is 0 Å². The number of nitrogens with one attached hydrogen (secondary N) is 1. The maximum atomic E-state index is 3.46. The molecular formula is C16H28N2. The van der Waals surface area contributed by atoms with Crippen LogP contribution in [0, 0.1) is 5.92 Å². The molecule has 1 aromatic carbocycles. The molecule has 1 atom stereocenters. The fraction of sp³-hybridized carbons (Fsp3) is 0.625. The highest BCUT2D eigenvalue weighted by Gasteiger charge is 2.06. The topological polar surface area (TPSA) is 15.3 Å². The van der Waals surface area contributed by atoms with Gasteiger partial charge in [-0.2, -0.15) is 0 Å². The Kier molecular flexibility index (Phi) is 7.51. The Balaban J connectivity index is 2.15. The Morgan fingerprint density at radius 2 is 1.89 bits per heavy atom. The molecule has 0 saturated carbocycles. The van der Waals surface area contributed by atoms with E-state index in [4.69, 9.17) is 0 Å². The Morgan fingerprint density at radius 3 is 2.50 bits per heavy atom. The van der Waals surface area contributed by atoms with Gasteiger partial charge in [-0.15, -0.1) is 0 Å². The van der Waals surface area contributed by atoms with Crippen molar-refractivity contribution in [2.45, 2.75) is 33.6 Å². The van der Waals surface area contributed by atoms with Crippen LogP contribution in [-0.4, -0.2) is 31.1 Å². The van der Waals surface area contributed by atoms with Crippen molar-refractivity contribution in [3.8, 4) is 0 Å². The summed E-state index contributed by atoms with van der Waals surface area (Å²) in [5.74, 6) is 0.812. The maximum absolute atomic E-state index is 3.46. The summed E-state index contributed by atoms with van der Waals surface area (Å²) in [6, 6.07) is 10.4. The number of benzene rings is 1. The van der Waals surface area contributed by atoms with Crippen LogP contribution in [0.15, 0.2) is 30.3 Å². The maximum Gasteiger partial charge on any atom is 0.0340 e. The lowest BCUT2D eigenvalue weighted by molar-refractivity contribution is 0.245. The summed E-state index contributed by atoms with van der Waals surface area (Å²) in [4.78, 5) is 2.56. The van der Waals surface area contributed by atoms with Crippen LogP contribution in [0.3, 0.4) is 0 Å². The highest BCUT2D eigenvalue weighted by atomic mass is 15.1. The lowest BCUT2D eigenvalue weighted by atomic mass is 10.1. The quantitative estimate of drug-likeness (QED) is 0.668. The molecule has 0 spiro atoms. The molecule has 0 fully saturated rings. The van der Waals surface area contributed by atoms with E-state index in [0.29, 0.717) is 0 Å². The summed E-state index contributed by atoms with van der Waals surface area (Å²) in [7, 11) is 0. The Labute approximate surface area is 112 Å². The van der Waals surface area contributed by atoms with Gasteiger partial charge in [-0.05, 0) is 37.6 Å². The molecule has 1 N–H and O–H groups in total. The summed E-state index contributed by atoms with van der Waals surface area (Å²) in [6.45, 7) is 11.5. The largest absolute Gasteiger partial charge is 0.385 e. The average Bonchev–Trinajstić information content (AvgIpc) is 2.43. The van der Waals surface area contributed by atoms with Gasteiger partial charge in [-0.1, -0.05) is 45.4 Å². The zero-order chi connectivity index (χ0) is 13.2. The summed E-state index contributed by atoms with van der Waals surface area (Å²) in [5, 5.41) is 3.46. The zero-order valence-corrected chi connectivity index (χ0v) is 12.2. The third kappa shape index (κ3) is 6.06. The van der Waals surface area contributed by atoms with Crippen molar-refractivity contribution in [3.63, 3.8) is 0 Å². The van der Waals surface area contributed by atoms with Crippen LogP contribution in [-0.2, 0) is 0 Å². The SMILES string of the molecule is CCC(C)CN(CC)CCCNc1ccccc1. The second-order valence-electron chi connectivity index (χ2n) is 5.05. The Hall–Kier alpha value is -1.02. The normalized spacial score (nSPS) is 12.7. The smallest absolute Gasteiger partial charge is 0.0340 e. The van der Waals surface area contributed by atoms with Gasteiger partial charge in [-0.25, -0.2) is 0 Å². The molecule has 18 heavy (non-hydrogen) atoms. The van der Waals surface area contributed by atoms with E-state index >= 15 is 0 Å². The average molecular weight is 248 g/mol. The Morgan fingerprint density at radius 1 is 1.17 bits per heavy atom. The Bertz CT molecular complexity index is 297. The molecule has 2 heteroatoms. The first kappa shape index (κ1) is 15.0. The first-order valence-electron chi connectivity index (χ1n) is 7.27. The molecule has 0 aliphatic heterocycles. The first-order chi connectivity index (χ1) is 8.76. The number of hydrogen-bond acceptors (Lipinski definition) is 2. The highest BCUT2D eigenvalue weighted by molar-refractivity contribution is 5.42. The van der Waals surface area contributed by atoms with Crippen molar-refractivity contribution in [1.82, 2.24) is 4.90 Å². The second-order valence-corrected chi connectivity index (χ2v) is 5.05. The van der Waals surface area contributed by atoms with Crippen LogP contribution >= 0.6 is 0 Å². The van der Waals surface area contributed by atoms with Crippen molar-refractivity contribution < 1.29 is 0 Å². The summed E-state index contributed by atoms with van der Waals surface area (Å²) < 4.78 is 0. The molecule has 0 amide bonds. The van der Waals surface area contributed by atoms with E-state index in [1.165, 1.54) is 31.6 Å². The molecule has 0 saturated heterocycles. The minimum absolute atomic E-state index is 0.812. The molecule has 0 aliphatic rings. The van der Waals surface area contributed by atoms with E-state index in [-0.39, 0.29) is 0 Å². The molecule has 0 aliphatic carbocycles. The lowest BCUT2D eigenvalue weighted by Gasteiger charge is -2.23. The minimum atomic E-state index is 0.812. The number of para-hydroxylation sites is 1. The lowest BCUT2D eigenvalue weighted by Crippen LogP contribution is -2.30. The molecule has 0 heterocycles. The van der Waals surface area contributed by atoms with Gasteiger partial charge < -0.3 is 10.2 Å². The van der Waals surface area contributed by atoms with E-state index in [9.17, 15) is 0 Å². The number of nitrogens with zero attached hydrogens (tertiary/aromatic N) is 1. The molecule has 0 radical (unpaired) electrons. The van der Waals surface area contributed by atoms with Gasteiger partial charge in [0.1, 0.15) is 0 Å². The van der Waals surface area contributed by atoms with Gasteiger partial charge in [0.2, 0.25) is 0 Å². The molecular weight excluding hydrogens is 220 g/mol. The van der Waals surface area contributed by atoms with E-state index in [2.05, 4.69) is 61.3 Å². The predicted octanol–water partition coefficient (Wildman–Crippen LogP) is 3.86. The molecule has 1 rings (SSSR count). The van der Waals surface area contributed by atoms with Crippen LogP contribution in [0.25, 0.3) is 0 Å². The van der Waals surface area contributed by atoms with Crippen molar-refractivity contribution >= 4 is 5.69 Å². The standard InChI is InChI=1S/C16H28N2/c1-4-15(3)14-18(5-2)13-9-12-17-16-10-7-6-8-11-16/h6-8,10-11,15,17H,4-5,9,12-14H2,1-3H3. The van der Waals surface area contributed by atoms with E-state index in [0.717, 1.165) is 19.0 Å². The third-order valence-electron chi connectivity index (χ3n) is 3.47. The van der Waals surface area contributed by atoms with Crippen LogP contribution in [0.1, 0.15) is 33.6 Å². The van der Waals surface area contributed by atoms with Crippen molar-refractivity contribution in [2.75, 3.05) is 31.5 Å². The molecule has 2 nitrogen and oxygen atoms in total. The third-order valence-corrected chi connectivity index (χ3v) is 3.47. The number of hydrogen-bond donors (Lipinski definition) is 1. The molecule has 1 aromatic rings. The van der Waals surface area contributed by atoms with Gasteiger partial charge >= 0.3 is 0 Å². The fourth-order valence-electron chi connectivity index (χ4n) is 2.04. The van der Waals surface area contributed by atoms with Gasteiger partial charge in [0.25, 0.3) is 0 Å².